The molecule has 0 saturated carbocycles. The molecule has 0 aliphatic carbocycles. The molecule has 148 valence electrons. The quantitative estimate of drug-likeness (QED) is 0.502. The van der Waals surface area contributed by atoms with Crippen molar-refractivity contribution in [2.75, 3.05) is 38.7 Å². The third-order valence-corrected chi connectivity index (χ3v) is 4.51. The van der Waals surface area contributed by atoms with Gasteiger partial charge >= 0.3 is 6.03 Å². The number of urea groups is 1. The molecule has 0 fully saturated rings. The van der Waals surface area contributed by atoms with Gasteiger partial charge in [-0.25, -0.2) is 4.79 Å². The van der Waals surface area contributed by atoms with Crippen molar-refractivity contribution < 1.29 is 19.1 Å². The zero-order valence-corrected chi connectivity index (χ0v) is 16.4. The molecule has 0 spiro atoms. The Bertz CT molecular complexity index is 690. The first-order chi connectivity index (χ1) is 13.0. The Labute approximate surface area is 160 Å². The summed E-state index contributed by atoms with van der Waals surface area (Å²) in [6.07, 6.45) is 3.43. The minimum absolute atomic E-state index is 0.182. The molecule has 0 atom stereocenters. The highest BCUT2D eigenvalue weighted by Gasteiger charge is 2.35. The molecule has 0 aromatic heterocycles. The van der Waals surface area contributed by atoms with Gasteiger partial charge in [-0.15, -0.1) is 0 Å². The maximum Gasteiger partial charge on any atom is 0.321 e. The highest BCUT2D eigenvalue weighted by Crippen LogP contribution is 2.26. The van der Waals surface area contributed by atoms with E-state index in [1.807, 2.05) is 6.92 Å². The van der Waals surface area contributed by atoms with Crippen LogP contribution in [-0.2, 0) is 4.74 Å². The lowest BCUT2D eigenvalue weighted by atomic mass is 10.1. The fourth-order valence-electron chi connectivity index (χ4n) is 3.07. The Kier molecular flexibility index (Phi) is 7.79. The van der Waals surface area contributed by atoms with Crippen LogP contribution in [0.15, 0.2) is 18.2 Å². The van der Waals surface area contributed by atoms with Crippen molar-refractivity contribution >= 4 is 23.5 Å². The number of carbonyl (C=O) groups excluding carboxylic acids is 3. The molecule has 4 amide bonds. The van der Waals surface area contributed by atoms with Crippen LogP contribution in [0.25, 0.3) is 0 Å². The second kappa shape index (κ2) is 10.1. The molecular formula is C20H29N3O4. The van der Waals surface area contributed by atoms with Crippen molar-refractivity contribution in [1.29, 1.82) is 0 Å². The molecule has 1 N–H and O–H groups in total. The number of rotatable bonds is 10. The van der Waals surface area contributed by atoms with Crippen LogP contribution < -0.4 is 5.32 Å². The van der Waals surface area contributed by atoms with Gasteiger partial charge in [0, 0.05) is 39.0 Å². The van der Waals surface area contributed by atoms with Crippen LogP contribution in [0, 0.1) is 0 Å². The molecule has 2 rings (SSSR count). The summed E-state index contributed by atoms with van der Waals surface area (Å²) in [7, 11) is 1.58. The van der Waals surface area contributed by atoms with Crippen LogP contribution in [-0.4, -0.2) is 61.0 Å². The molecular weight excluding hydrogens is 346 g/mol. The van der Waals surface area contributed by atoms with E-state index in [-0.39, 0.29) is 17.8 Å². The van der Waals surface area contributed by atoms with Gasteiger partial charge in [0.05, 0.1) is 11.1 Å². The number of hydrogen-bond donors (Lipinski definition) is 1. The second-order valence-electron chi connectivity index (χ2n) is 6.64. The van der Waals surface area contributed by atoms with E-state index in [0.29, 0.717) is 49.5 Å². The molecule has 1 heterocycles. The maximum atomic E-state index is 12.6. The lowest BCUT2D eigenvalue weighted by molar-refractivity contribution is 0.0638. The number of nitrogens with one attached hydrogen (secondary N) is 1. The number of hydrogen-bond acceptors (Lipinski definition) is 4. The highest BCUT2D eigenvalue weighted by atomic mass is 16.5. The molecule has 1 aliphatic heterocycles. The lowest BCUT2D eigenvalue weighted by Crippen LogP contribution is -2.36. The minimum Gasteiger partial charge on any atom is -0.385 e. The van der Waals surface area contributed by atoms with E-state index < -0.39 is 0 Å². The first kappa shape index (κ1) is 20.9. The summed E-state index contributed by atoms with van der Waals surface area (Å²) < 4.78 is 4.98. The topological polar surface area (TPSA) is 79.0 Å². The van der Waals surface area contributed by atoms with Crippen LogP contribution in [0.4, 0.5) is 10.5 Å². The van der Waals surface area contributed by atoms with Gasteiger partial charge in [0.15, 0.2) is 0 Å². The van der Waals surface area contributed by atoms with E-state index in [1.54, 1.807) is 30.2 Å². The van der Waals surface area contributed by atoms with Crippen molar-refractivity contribution in [1.82, 2.24) is 9.80 Å². The third kappa shape index (κ3) is 5.07. The van der Waals surface area contributed by atoms with Crippen LogP contribution in [0.2, 0.25) is 0 Å². The molecule has 1 aromatic rings. The van der Waals surface area contributed by atoms with Crippen molar-refractivity contribution in [3.8, 4) is 0 Å². The van der Waals surface area contributed by atoms with Gasteiger partial charge in [-0.3, -0.25) is 14.5 Å². The summed E-state index contributed by atoms with van der Waals surface area (Å²) in [5.41, 5.74) is 1.24. The number of fused-ring (bicyclic) bond motifs is 1. The number of benzene rings is 1. The fourth-order valence-corrected chi connectivity index (χ4v) is 3.07. The molecule has 7 nitrogen and oxygen atoms in total. The van der Waals surface area contributed by atoms with E-state index in [2.05, 4.69) is 12.2 Å². The second-order valence-corrected chi connectivity index (χ2v) is 6.64. The van der Waals surface area contributed by atoms with Gasteiger partial charge in [0.2, 0.25) is 0 Å². The fraction of sp³-hybridized carbons (Fsp3) is 0.550. The summed E-state index contributed by atoms with van der Waals surface area (Å²) in [6.45, 7) is 6.31. The predicted molar refractivity (Wildman–Crippen MR) is 104 cm³/mol. The number of unbranched alkanes of at least 4 members (excludes halogenated alkanes) is 1. The number of amides is 4. The van der Waals surface area contributed by atoms with Crippen LogP contribution in [0.5, 0.6) is 0 Å². The molecule has 0 bridgehead atoms. The normalized spacial score (nSPS) is 13.1. The third-order valence-electron chi connectivity index (χ3n) is 4.51. The van der Waals surface area contributed by atoms with Crippen LogP contribution in [0.3, 0.4) is 0 Å². The first-order valence-corrected chi connectivity index (χ1v) is 9.58. The zero-order chi connectivity index (χ0) is 19.8. The highest BCUT2D eigenvalue weighted by molar-refractivity contribution is 6.21. The van der Waals surface area contributed by atoms with E-state index in [0.717, 1.165) is 19.3 Å². The van der Waals surface area contributed by atoms with Crippen molar-refractivity contribution in [3.63, 3.8) is 0 Å². The zero-order valence-electron chi connectivity index (χ0n) is 16.4. The molecule has 7 heteroatoms. The van der Waals surface area contributed by atoms with Gasteiger partial charge in [-0.05, 0) is 37.5 Å². The van der Waals surface area contributed by atoms with Crippen LogP contribution >= 0.6 is 0 Å². The number of carbonyl (C=O) groups is 3. The minimum atomic E-state index is -0.321. The average molecular weight is 375 g/mol. The van der Waals surface area contributed by atoms with Crippen LogP contribution in [0.1, 0.15) is 60.2 Å². The Morgan fingerprint density at radius 1 is 1.07 bits per heavy atom. The van der Waals surface area contributed by atoms with Gasteiger partial charge in [-0.1, -0.05) is 20.3 Å². The Hall–Kier alpha value is -2.41. The Morgan fingerprint density at radius 3 is 2.48 bits per heavy atom. The van der Waals surface area contributed by atoms with Gasteiger partial charge in [0.1, 0.15) is 0 Å². The Morgan fingerprint density at radius 2 is 1.81 bits per heavy atom. The number of anilines is 1. The van der Waals surface area contributed by atoms with Crippen molar-refractivity contribution in [3.05, 3.63) is 29.3 Å². The van der Waals surface area contributed by atoms with E-state index in [4.69, 9.17) is 4.74 Å². The summed E-state index contributed by atoms with van der Waals surface area (Å²) in [4.78, 5) is 40.5. The van der Waals surface area contributed by atoms with Crippen molar-refractivity contribution in [2.45, 2.75) is 39.5 Å². The lowest BCUT2D eigenvalue weighted by Gasteiger charge is -2.22. The summed E-state index contributed by atoms with van der Waals surface area (Å²) in [6, 6.07) is 4.69. The Balaban J connectivity index is 2.09. The SMILES string of the molecule is CCCCN(CCC)C(=O)Nc1ccc2c(c1)C(=O)N(CCCOC)C2=O. The van der Waals surface area contributed by atoms with E-state index in [9.17, 15) is 14.4 Å². The number of methoxy groups -OCH3 is 1. The molecule has 0 unspecified atom stereocenters. The van der Waals surface area contributed by atoms with Crippen molar-refractivity contribution in [2.24, 2.45) is 0 Å². The van der Waals surface area contributed by atoms with E-state index >= 15 is 0 Å². The summed E-state index contributed by atoms with van der Waals surface area (Å²) >= 11 is 0. The summed E-state index contributed by atoms with van der Waals surface area (Å²) in [5.74, 6) is -0.613. The monoisotopic (exact) mass is 375 g/mol. The van der Waals surface area contributed by atoms with Gasteiger partial charge in [0.25, 0.3) is 11.8 Å². The van der Waals surface area contributed by atoms with Gasteiger partial charge in [-0.2, -0.15) is 0 Å². The molecule has 0 saturated heterocycles. The summed E-state index contributed by atoms with van der Waals surface area (Å²) in [5, 5.41) is 2.85. The number of ether oxygens (including phenoxy) is 1. The van der Waals surface area contributed by atoms with Gasteiger partial charge < -0.3 is 15.0 Å². The van der Waals surface area contributed by atoms with E-state index in [1.165, 1.54) is 4.90 Å². The smallest absolute Gasteiger partial charge is 0.321 e. The molecule has 1 aromatic carbocycles. The largest absolute Gasteiger partial charge is 0.385 e. The molecule has 1 aliphatic rings. The predicted octanol–water partition coefficient (Wildman–Crippen LogP) is 3.36. The standard InChI is InChI=1S/C20H29N3O4/c1-4-6-11-22(10-5-2)20(26)21-15-8-9-16-17(14-15)19(25)23(18(16)24)12-7-13-27-3/h8-9,14H,4-7,10-13H2,1-3H3,(H,21,26). The number of imide groups is 1. The number of nitrogens with zero attached hydrogens (tertiary/aromatic N) is 2. The average Bonchev–Trinajstić information content (AvgIpc) is 2.89. The molecule has 0 radical (unpaired) electrons. The maximum absolute atomic E-state index is 12.6. The first-order valence-electron chi connectivity index (χ1n) is 9.58. The molecule has 27 heavy (non-hydrogen) atoms.